The molecule has 0 aliphatic heterocycles. The quantitative estimate of drug-likeness (QED) is 0.709. The van der Waals surface area contributed by atoms with Gasteiger partial charge in [-0.15, -0.1) is 5.10 Å². The zero-order chi connectivity index (χ0) is 13.2. The maximum atomic E-state index is 5.56. The first kappa shape index (κ1) is 11.5. The second-order valence-electron chi connectivity index (χ2n) is 3.91. The summed E-state index contributed by atoms with van der Waals surface area (Å²) in [6, 6.07) is 3.51. The van der Waals surface area contributed by atoms with Crippen molar-refractivity contribution in [1.82, 2.24) is 25.3 Å². The van der Waals surface area contributed by atoms with Gasteiger partial charge in [0.2, 0.25) is 11.6 Å². The number of aromatic nitrogens is 5. The predicted octanol–water partition coefficient (Wildman–Crippen LogP) is 2.05. The van der Waals surface area contributed by atoms with Gasteiger partial charge in [-0.2, -0.15) is 10.1 Å². The highest BCUT2D eigenvalue weighted by Crippen LogP contribution is 2.24. The lowest BCUT2D eigenvalue weighted by Crippen LogP contribution is -1.87. The second-order valence-corrected chi connectivity index (χ2v) is 3.91. The van der Waals surface area contributed by atoms with Crippen LogP contribution in [0.15, 0.2) is 27.3 Å². The SMILES string of the molecule is CCc1nc(C)c(-c2nc(-c3cccnn3)no2)o1. The van der Waals surface area contributed by atoms with Gasteiger partial charge in [-0.1, -0.05) is 12.1 Å². The van der Waals surface area contributed by atoms with E-state index in [4.69, 9.17) is 8.94 Å². The van der Waals surface area contributed by atoms with E-state index in [1.165, 1.54) is 0 Å². The van der Waals surface area contributed by atoms with Crippen LogP contribution in [0.1, 0.15) is 18.5 Å². The molecule has 0 spiro atoms. The minimum atomic E-state index is 0.297. The van der Waals surface area contributed by atoms with Crippen LogP contribution in [0.4, 0.5) is 0 Å². The van der Waals surface area contributed by atoms with E-state index in [9.17, 15) is 0 Å². The zero-order valence-electron chi connectivity index (χ0n) is 10.5. The number of aryl methyl sites for hydroxylation is 2. The van der Waals surface area contributed by atoms with Crippen LogP contribution in [-0.4, -0.2) is 25.3 Å². The largest absolute Gasteiger partial charge is 0.435 e. The average molecular weight is 257 g/mol. The number of hydrogen-bond donors (Lipinski definition) is 0. The highest BCUT2D eigenvalue weighted by atomic mass is 16.5. The van der Waals surface area contributed by atoms with E-state index in [1.54, 1.807) is 18.3 Å². The van der Waals surface area contributed by atoms with E-state index >= 15 is 0 Å². The molecule has 0 N–H and O–H groups in total. The lowest BCUT2D eigenvalue weighted by molar-refractivity contribution is 0.410. The van der Waals surface area contributed by atoms with Gasteiger partial charge in [-0.05, 0) is 19.1 Å². The van der Waals surface area contributed by atoms with Crippen LogP contribution < -0.4 is 0 Å². The fourth-order valence-electron chi connectivity index (χ4n) is 1.64. The van der Waals surface area contributed by atoms with Crippen molar-refractivity contribution in [3.63, 3.8) is 0 Å². The van der Waals surface area contributed by atoms with Gasteiger partial charge < -0.3 is 8.94 Å². The number of hydrogen-bond acceptors (Lipinski definition) is 7. The summed E-state index contributed by atoms with van der Waals surface area (Å²) in [5.74, 6) is 1.81. The van der Waals surface area contributed by atoms with Crippen LogP contribution in [-0.2, 0) is 6.42 Å². The van der Waals surface area contributed by atoms with Gasteiger partial charge in [0.15, 0.2) is 5.89 Å². The Bertz CT molecular complexity index is 689. The molecule has 0 bridgehead atoms. The zero-order valence-corrected chi connectivity index (χ0v) is 10.5. The van der Waals surface area contributed by atoms with Crippen molar-refractivity contribution < 1.29 is 8.94 Å². The molecule has 0 saturated carbocycles. The molecular weight excluding hydrogens is 246 g/mol. The normalized spacial score (nSPS) is 10.8. The lowest BCUT2D eigenvalue weighted by Gasteiger charge is -1.88. The predicted molar refractivity (Wildman–Crippen MR) is 64.9 cm³/mol. The summed E-state index contributed by atoms with van der Waals surface area (Å²) in [5.41, 5.74) is 1.27. The van der Waals surface area contributed by atoms with Crippen molar-refractivity contribution in [1.29, 1.82) is 0 Å². The summed E-state index contributed by atoms with van der Waals surface area (Å²) in [7, 11) is 0. The van der Waals surface area contributed by atoms with Crippen molar-refractivity contribution in [3.8, 4) is 23.2 Å². The summed E-state index contributed by atoms with van der Waals surface area (Å²) in [5, 5.41) is 11.6. The minimum absolute atomic E-state index is 0.297. The summed E-state index contributed by atoms with van der Waals surface area (Å²) in [6.45, 7) is 3.80. The van der Waals surface area contributed by atoms with Gasteiger partial charge in [0, 0.05) is 12.6 Å². The molecule has 96 valence electrons. The molecule has 0 amide bonds. The fraction of sp³-hybridized carbons (Fsp3) is 0.250. The molecule has 3 aromatic heterocycles. The van der Waals surface area contributed by atoms with E-state index in [2.05, 4.69) is 25.3 Å². The first-order chi connectivity index (χ1) is 9.28. The molecule has 0 fully saturated rings. The molecule has 0 radical (unpaired) electrons. The summed E-state index contributed by atoms with van der Waals surface area (Å²) in [4.78, 5) is 8.51. The van der Waals surface area contributed by atoms with Crippen molar-refractivity contribution in [2.75, 3.05) is 0 Å². The molecular formula is C12H11N5O2. The number of rotatable bonds is 3. The van der Waals surface area contributed by atoms with Gasteiger partial charge >= 0.3 is 0 Å². The molecule has 3 aromatic rings. The van der Waals surface area contributed by atoms with Crippen LogP contribution in [0.5, 0.6) is 0 Å². The third-order valence-corrected chi connectivity index (χ3v) is 2.57. The smallest absolute Gasteiger partial charge is 0.296 e. The molecule has 0 atom stereocenters. The molecule has 19 heavy (non-hydrogen) atoms. The van der Waals surface area contributed by atoms with Crippen LogP contribution in [0.25, 0.3) is 23.2 Å². The molecule has 3 rings (SSSR count). The standard InChI is InChI=1S/C12H11N5O2/c1-3-9-14-7(2)10(18-9)12-15-11(17-19-12)8-5-4-6-13-16-8/h4-6H,3H2,1-2H3. The first-order valence-electron chi connectivity index (χ1n) is 5.86. The third kappa shape index (κ3) is 2.10. The molecule has 3 heterocycles. The van der Waals surface area contributed by atoms with Gasteiger partial charge in [0.25, 0.3) is 5.89 Å². The van der Waals surface area contributed by atoms with Crippen molar-refractivity contribution >= 4 is 0 Å². The van der Waals surface area contributed by atoms with Crippen LogP contribution in [0, 0.1) is 6.92 Å². The maximum Gasteiger partial charge on any atom is 0.296 e. The minimum Gasteiger partial charge on any atom is -0.435 e. The maximum absolute atomic E-state index is 5.56. The van der Waals surface area contributed by atoms with Gasteiger partial charge in [-0.3, -0.25) is 0 Å². The van der Waals surface area contributed by atoms with Crippen LogP contribution >= 0.6 is 0 Å². The number of nitrogens with zero attached hydrogens (tertiary/aromatic N) is 5. The highest BCUT2D eigenvalue weighted by Gasteiger charge is 2.18. The van der Waals surface area contributed by atoms with E-state index in [1.807, 2.05) is 13.8 Å². The molecule has 7 heteroatoms. The van der Waals surface area contributed by atoms with Crippen molar-refractivity contribution in [2.24, 2.45) is 0 Å². The Morgan fingerprint density at radius 1 is 1.26 bits per heavy atom. The van der Waals surface area contributed by atoms with Crippen molar-refractivity contribution in [2.45, 2.75) is 20.3 Å². The Kier molecular flexibility index (Phi) is 2.79. The summed E-state index contributed by atoms with van der Waals surface area (Å²) in [6.07, 6.45) is 2.30. The van der Waals surface area contributed by atoms with E-state index in [-0.39, 0.29) is 0 Å². The highest BCUT2D eigenvalue weighted by molar-refractivity contribution is 5.53. The van der Waals surface area contributed by atoms with E-state index < -0.39 is 0 Å². The lowest BCUT2D eigenvalue weighted by atomic mass is 10.3. The van der Waals surface area contributed by atoms with Gasteiger partial charge in [0.05, 0.1) is 5.69 Å². The van der Waals surface area contributed by atoms with Gasteiger partial charge in [-0.25, -0.2) is 4.98 Å². The average Bonchev–Trinajstić information content (AvgIpc) is 3.06. The summed E-state index contributed by atoms with van der Waals surface area (Å²) < 4.78 is 10.7. The first-order valence-corrected chi connectivity index (χ1v) is 5.86. The van der Waals surface area contributed by atoms with E-state index in [0.29, 0.717) is 35.5 Å². The molecule has 0 unspecified atom stereocenters. The molecule has 7 nitrogen and oxygen atoms in total. The van der Waals surface area contributed by atoms with Crippen molar-refractivity contribution in [3.05, 3.63) is 29.9 Å². The Labute approximate surface area is 108 Å². The van der Waals surface area contributed by atoms with Gasteiger partial charge in [0.1, 0.15) is 5.69 Å². The Balaban J connectivity index is 1.99. The van der Waals surface area contributed by atoms with Crippen LogP contribution in [0.2, 0.25) is 0 Å². The third-order valence-electron chi connectivity index (χ3n) is 2.57. The monoisotopic (exact) mass is 257 g/mol. The second kappa shape index (κ2) is 4.60. The topological polar surface area (TPSA) is 90.7 Å². The van der Waals surface area contributed by atoms with Crippen LogP contribution in [0.3, 0.4) is 0 Å². The fourth-order valence-corrected chi connectivity index (χ4v) is 1.64. The molecule has 0 aliphatic rings. The Morgan fingerprint density at radius 2 is 2.16 bits per heavy atom. The Hall–Kier alpha value is -2.57. The number of oxazole rings is 1. The molecule has 0 aromatic carbocycles. The van der Waals surface area contributed by atoms with E-state index in [0.717, 1.165) is 5.69 Å². The molecule has 0 aliphatic carbocycles. The molecule has 0 saturated heterocycles. The summed E-state index contributed by atoms with van der Waals surface area (Å²) >= 11 is 0. The Morgan fingerprint density at radius 3 is 2.84 bits per heavy atom.